The molecule has 0 aliphatic heterocycles. The Kier molecular flexibility index (Phi) is 20.5. The Hall–Kier alpha value is -0.660. The van der Waals surface area contributed by atoms with Crippen LogP contribution in [0.15, 0.2) is 60.7 Å². The number of fused-ring (bicyclic) bond motifs is 2. The number of aryl methyl sites for hydroxylation is 2. The van der Waals surface area contributed by atoms with Crippen LogP contribution in [-0.4, -0.2) is 9.52 Å². The van der Waals surface area contributed by atoms with E-state index in [-0.39, 0.29) is 0 Å². The van der Waals surface area contributed by atoms with E-state index in [4.69, 9.17) is 17.0 Å². The average Bonchev–Trinajstić information content (AvgIpc) is 3.50. The van der Waals surface area contributed by atoms with E-state index >= 15 is 0 Å². The molecule has 2 radical (unpaired) electrons. The van der Waals surface area contributed by atoms with E-state index < -0.39 is 20.8 Å². The van der Waals surface area contributed by atoms with Gasteiger partial charge in [-0.1, -0.05) is 104 Å². The molecule has 4 aromatic carbocycles. The first-order valence-corrected chi connectivity index (χ1v) is 23.5. The zero-order chi connectivity index (χ0) is 29.9. The molecule has 0 aromatic heterocycles. The second-order valence-electron chi connectivity index (χ2n) is 11.5. The molecule has 0 aliphatic carbocycles. The summed E-state index contributed by atoms with van der Waals surface area (Å²) in [6.07, 6.45) is 9.97. The summed E-state index contributed by atoms with van der Waals surface area (Å²) < 4.78 is 0. The van der Waals surface area contributed by atoms with E-state index in [9.17, 15) is 0 Å². The summed E-state index contributed by atoms with van der Waals surface area (Å²) in [5.74, 6) is 1.48. The molecule has 0 N–H and O–H groups in total. The molecule has 40 heavy (non-hydrogen) atoms. The van der Waals surface area contributed by atoms with Crippen molar-refractivity contribution in [3.8, 4) is 0 Å². The van der Waals surface area contributed by atoms with Crippen LogP contribution in [0, 0.1) is 11.8 Å². The summed E-state index contributed by atoms with van der Waals surface area (Å²) in [5, 5.41) is 5.82. The van der Waals surface area contributed by atoms with Gasteiger partial charge in [0, 0.05) is 9.52 Å². The van der Waals surface area contributed by atoms with Crippen molar-refractivity contribution in [2.75, 3.05) is 0 Å². The summed E-state index contributed by atoms with van der Waals surface area (Å²) in [6, 6.07) is 23.0. The fourth-order valence-electron chi connectivity index (χ4n) is 5.07. The number of rotatable bonds is 10. The van der Waals surface area contributed by atoms with Gasteiger partial charge >= 0.3 is 37.9 Å². The van der Waals surface area contributed by atoms with Crippen molar-refractivity contribution in [3.63, 3.8) is 0 Å². The maximum absolute atomic E-state index is 4.93. The zero-order valence-electron chi connectivity index (χ0n) is 26.3. The van der Waals surface area contributed by atoms with Gasteiger partial charge in [0.15, 0.2) is 0 Å². The monoisotopic (exact) mass is 672 g/mol. The number of unbranched alkanes of at least 4 members (excludes halogenated alkanes) is 2. The molecule has 0 bridgehead atoms. The van der Waals surface area contributed by atoms with Gasteiger partial charge in [-0.3, -0.25) is 0 Å². The summed E-state index contributed by atoms with van der Waals surface area (Å²) in [4.78, 5) is 0. The zero-order valence-corrected chi connectivity index (χ0v) is 31.3. The topological polar surface area (TPSA) is 0 Å². The van der Waals surface area contributed by atoms with Gasteiger partial charge in [0.1, 0.15) is 0 Å². The first-order valence-electron chi connectivity index (χ1n) is 15.1. The minimum atomic E-state index is -0.826. The maximum atomic E-state index is 4.93. The predicted molar refractivity (Wildman–Crippen MR) is 183 cm³/mol. The van der Waals surface area contributed by atoms with Crippen molar-refractivity contribution in [2.24, 2.45) is 11.8 Å². The van der Waals surface area contributed by atoms with Gasteiger partial charge in [-0.05, 0) is 37.5 Å². The van der Waals surface area contributed by atoms with E-state index in [1.165, 1.54) is 95.2 Å². The molecule has 0 saturated carbocycles. The minimum absolute atomic E-state index is 0.742. The Balaban J connectivity index is 0.000000335. The molecule has 4 heteroatoms. The molecular weight excluding hydrogens is 623 g/mol. The molecule has 0 heterocycles. The first kappa shape index (κ1) is 37.4. The predicted octanol–water partition coefficient (Wildman–Crippen LogP) is 12.4. The molecule has 0 nitrogen and oxygen atoms in total. The molecule has 0 atom stereocenters. The van der Waals surface area contributed by atoms with Crippen molar-refractivity contribution < 1.29 is 20.8 Å². The van der Waals surface area contributed by atoms with Crippen LogP contribution in [0.2, 0.25) is 13.1 Å². The third-order valence-electron chi connectivity index (χ3n) is 6.69. The third-order valence-corrected chi connectivity index (χ3v) is 6.69. The molecule has 218 valence electrons. The van der Waals surface area contributed by atoms with E-state index in [2.05, 4.69) is 115 Å². The fraction of sp³-hybridized carbons (Fsp3) is 0.500. The SMILES string of the molecule is CCCCc1cccc2[cH-]c(CC(C)C)cc12.CCCCc1cccc2[cH-]c(CC(C)C)cc12.C[Si]C.[Cl][Zr+2][Cl]. The van der Waals surface area contributed by atoms with Crippen molar-refractivity contribution in [2.45, 2.75) is 106 Å². The van der Waals surface area contributed by atoms with Gasteiger partial charge in [-0.2, -0.15) is 12.1 Å². The number of hydrogen-bond acceptors (Lipinski definition) is 0. The Morgan fingerprint density at radius 1 is 0.700 bits per heavy atom. The van der Waals surface area contributed by atoms with E-state index in [1.54, 1.807) is 0 Å². The Bertz CT molecular complexity index is 1090. The summed E-state index contributed by atoms with van der Waals surface area (Å²) in [6.45, 7) is 18.0. The Labute approximate surface area is 267 Å². The quantitative estimate of drug-likeness (QED) is 0.116. The normalized spacial score (nSPS) is 10.5. The van der Waals surface area contributed by atoms with E-state index in [0.29, 0.717) is 0 Å². The van der Waals surface area contributed by atoms with Crippen molar-refractivity contribution in [3.05, 3.63) is 82.9 Å². The molecule has 0 fully saturated rings. The van der Waals surface area contributed by atoms with Gasteiger partial charge in [0.05, 0.1) is 0 Å². The molecule has 0 aliphatic rings. The first-order chi connectivity index (χ1) is 19.2. The second kappa shape index (κ2) is 22.0. The molecule has 0 amide bonds. The van der Waals surface area contributed by atoms with Crippen LogP contribution in [0.3, 0.4) is 0 Å². The molecule has 0 spiro atoms. The molecule has 4 aromatic rings. The van der Waals surface area contributed by atoms with Gasteiger partial charge in [0.25, 0.3) is 0 Å². The van der Waals surface area contributed by atoms with Gasteiger partial charge in [0.2, 0.25) is 0 Å². The van der Waals surface area contributed by atoms with Crippen LogP contribution in [0.25, 0.3) is 21.5 Å². The van der Waals surface area contributed by atoms with Gasteiger partial charge in [-0.15, -0.1) is 69.1 Å². The number of hydrogen-bond donors (Lipinski definition) is 0. The Morgan fingerprint density at radius 2 is 1.05 bits per heavy atom. The standard InChI is InChI=1S/2C17H23.C2H6Si.2ClH.Zr/c2*1-4-5-7-15-8-6-9-16-11-14(10-13(2)3)12-17(15)16;1-3-2;;;/h2*6,8-9,11-13H,4-5,7,10H2,1-3H3;1-2H3;2*1H;/q2*-1;;;;+4/p-2. The molecule has 4 rings (SSSR count). The molecule has 0 unspecified atom stereocenters. The average molecular weight is 675 g/mol. The van der Waals surface area contributed by atoms with Crippen molar-refractivity contribution >= 4 is 48.1 Å². The molecule has 0 saturated heterocycles. The van der Waals surface area contributed by atoms with E-state index in [0.717, 1.165) is 21.4 Å². The summed E-state index contributed by atoms with van der Waals surface area (Å²) >= 11 is -0.826. The summed E-state index contributed by atoms with van der Waals surface area (Å²) in [5.41, 5.74) is 6.05. The van der Waals surface area contributed by atoms with Gasteiger partial charge < -0.3 is 0 Å². The number of halogens is 2. The molecular formula is C36H52Cl2SiZr. The third kappa shape index (κ3) is 14.0. The number of benzene rings is 2. The van der Waals surface area contributed by atoms with Gasteiger partial charge in [-0.25, -0.2) is 0 Å². The van der Waals surface area contributed by atoms with Crippen LogP contribution >= 0.6 is 17.0 Å². The summed E-state index contributed by atoms with van der Waals surface area (Å²) in [7, 11) is 11.0. The van der Waals surface area contributed by atoms with Crippen LogP contribution < -0.4 is 0 Å². The van der Waals surface area contributed by atoms with Crippen LogP contribution in [0.4, 0.5) is 0 Å². The van der Waals surface area contributed by atoms with Crippen molar-refractivity contribution in [1.82, 2.24) is 0 Å². The van der Waals surface area contributed by atoms with Crippen molar-refractivity contribution in [1.29, 1.82) is 0 Å². The van der Waals surface area contributed by atoms with Crippen LogP contribution in [0.5, 0.6) is 0 Å². The van der Waals surface area contributed by atoms with Crippen LogP contribution in [-0.2, 0) is 46.5 Å². The van der Waals surface area contributed by atoms with E-state index in [1.807, 2.05) is 0 Å². The fourth-order valence-corrected chi connectivity index (χ4v) is 5.07. The van der Waals surface area contributed by atoms with Crippen LogP contribution in [0.1, 0.15) is 89.5 Å². The Morgan fingerprint density at radius 3 is 1.35 bits per heavy atom. The second-order valence-corrected chi connectivity index (χ2v) is 16.3.